The van der Waals surface area contributed by atoms with Gasteiger partial charge in [-0.2, -0.15) is 0 Å². The molecule has 6 heteroatoms. The van der Waals surface area contributed by atoms with Crippen molar-refractivity contribution in [3.8, 4) is 44.8 Å². The van der Waals surface area contributed by atoms with Crippen LogP contribution >= 0.6 is 0 Å². The van der Waals surface area contributed by atoms with Crippen molar-refractivity contribution in [1.82, 2.24) is 9.97 Å². The quantitative estimate of drug-likeness (QED) is 0.103. The van der Waals surface area contributed by atoms with E-state index in [1.807, 2.05) is 52.8 Å². The highest BCUT2D eigenvalue weighted by molar-refractivity contribution is 5.99. The fraction of sp³-hybridized carbons (Fsp3) is 0.0843. The summed E-state index contributed by atoms with van der Waals surface area (Å²) in [7, 11) is 0. The second kappa shape index (κ2) is 33.0. The third kappa shape index (κ3) is 16.1. The van der Waals surface area contributed by atoms with E-state index < -0.39 is 0 Å². The topological polar surface area (TPSA) is 47.5 Å². The van der Waals surface area contributed by atoms with Crippen LogP contribution in [0.1, 0.15) is 48.5 Å². The maximum absolute atomic E-state index is 5.68. The van der Waals surface area contributed by atoms with Crippen molar-refractivity contribution in [1.29, 1.82) is 0 Å². The molecule has 1 N–H and O–H groups in total. The lowest BCUT2D eigenvalue weighted by Crippen LogP contribution is -2.15. The van der Waals surface area contributed by atoms with Crippen molar-refractivity contribution in [3.05, 3.63) is 341 Å². The number of aromatic nitrogens is 2. The standard InChI is InChI=1S/C72H56N6.3C3H6.C2H6/c1-3-52(2)76(58-26-13-6-14-27-58)61-48-50-65(51-49-61)78(60-30-17-8-18-31-60)63-42-36-54(37-43-63)70-71(75-72-68(34-21-35-69(72)74-70)67-33-20-19-32-66(67)53-22-9-4-10-23-53)55-38-44-62(45-39-55)77(59-28-15-7-16-29-59)64-46-40-57(41-47-64)73-56-24-11-5-12-25-56;3*1-3-2;1-2/h3-51,73H,1-2H3;3*3H,1H2,2H3;1-2H3/b52-3+;;;;. The summed E-state index contributed by atoms with van der Waals surface area (Å²) >= 11 is 0. The summed E-state index contributed by atoms with van der Waals surface area (Å²) in [6, 6.07) is 102. The molecule has 11 aromatic carbocycles. The van der Waals surface area contributed by atoms with E-state index in [0.29, 0.717) is 0 Å². The Kier molecular flexibility index (Phi) is 23.7. The molecule has 1 heterocycles. The molecule has 0 bridgehead atoms. The summed E-state index contributed by atoms with van der Waals surface area (Å²) < 4.78 is 0. The average molecular weight is 1160 g/mol. The van der Waals surface area contributed by atoms with Crippen molar-refractivity contribution in [3.63, 3.8) is 0 Å². The predicted octanol–water partition coefficient (Wildman–Crippen LogP) is 24.6. The van der Waals surface area contributed by atoms with E-state index in [-0.39, 0.29) is 0 Å². The molecule has 0 atom stereocenters. The zero-order chi connectivity index (χ0) is 62.7. The second-order valence-corrected chi connectivity index (χ2v) is 20.3. The zero-order valence-electron chi connectivity index (χ0n) is 52.4. The Bertz CT molecular complexity index is 4120. The Hall–Kier alpha value is -11.1. The lowest BCUT2D eigenvalue weighted by atomic mass is 9.93. The Morgan fingerprint density at radius 3 is 1.11 bits per heavy atom. The Morgan fingerprint density at radius 2 is 0.652 bits per heavy atom. The van der Waals surface area contributed by atoms with Gasteiger partial charge in [0.25, 0.3) is 0 Å². The first kappa shape index (κ1) is 63.9. The van der Waals surface area contributed by atoms with Crippen LogP contribution in [0.25, 0.3) is 55.8 Å². The predicted molar refractivity (Wildman–Crippen MR) is 387 cm³/mol. The summed E-state index contributed by atoms with van der Waals surface area (Å²) in [4.78, 5) is 18.1. The van der Waals surface area contributed by atoms with Crippen molar-refractivity contribution in [2.75, 3.05) is 20.0 Å². The number of nitrogens with zero attached hydrogens (tertiary/aromatic N) is 5. The minimum absolute atomic E-state index is 0.795. The van der Waals surface area contributed by atoms with Crippen LogP contribution in [0.4, 0.5) is 56.9 Å². The van der Waals surface area contributed by atoms with Crippen LogP contribution in [0.2, 0.25) is 0 Å². The summed E-state index contributed by atoms with van der Waals surface area (Å²) in [6.45, 7) is 24.0. The molecule has 12 rings (SSSR count). The van der Waals surface area contributed by atoms with Crippen LogP contribution in [0, 0.1) is 0 Å². The molecule has 0 fully saturated rings. The van der Waals surface area contributed by atoms with Crippen LogP contribution in [0.3, 0.4) is 0 Å². The molecule has 0 aliphatic rings. The van der Waals surface area contributed by atoms with Crippen LogP contribution < -0.4 is 20.0 Å². The van der Waals surface area contributed by atoms with Gasteiger partial charge < -0.3 is 20.0 Å². The number of nitrogens with one attached hydrogen (secondary N) is 1. The van der Waals surface area contributed by atoms with Gasteiger partial charge in [-0.05, 0) is 179 Å². The van der Waals surface area contributed by atoms with Crippen molar-refractivity contribution >= 4 is 67.9 Å². The zero-order valence-corrected chi connectivity index (χ0v) is 52.4. The van der Waals surface area contributed by atoms with Gasteiger partial charge in [-0.1, -0.05) is 202 Å². The van der Waals surface area contributed by atoms with E-state index >= 15 is 0 Å². The molecular weight excluding hydrogens is 1080 g/mol. The fourth-order valence-corrected chi connectivity index (χ4v) is 10.3. The second-order valence-electron chi connectivity index (χ2n) is 20.3. The molecule has 6 nitrogen and oxygen atoms in total. The lowest BCUT2D eigenvalue weighted by Gasteiger charge is -2.28. The SMILES string of the molecule is C/C=C(\C)N(c1ccccc1)c1ccc(N(c2ccccc2)c2ccc(-c3nc4cccc(-c5ccccc5-c5ccccc5)c4nc3-c3ccc(N(c4ccccc4)c4ccc(Nc5ccccc5)cc4)cc3)cc2)cc1.C=CC.C=CC.C=CC.CC. The Morgan fingerprint density at radius 1 is 0.326 bits per heavy atom. The monoisotopic (exact) mass is 1160 g/mol. The van der Waals surface area contributed by atoms with Gasteiger partial charge in [-0.15, -0.1) is 19.7 Å². The number of para-hydroxylation sites is 5. The molecule has 0 spiro atoms. The smallest absolute Gasteiger partial charge is 0.0973 e. The van der Waals surface area contributed by atoms with E-state index in [9.17, 15) is 0 Å². The molecule has 442 valence electrons. The molecule has 0 radical (unpaired) electrons. The van der Waals surface area contributed by atoms with Crippen LogP contribution in [0.15, 0.2) is 341 Å². The minimum atomic E-state index is 0.795. The van der Waals surface area contributed by atoms with Crippen LogP contribution in [-0.4, -0.2) is 9.97 Å². The molecule has 0 saturated carbocycles. The van der Waals surface area contributed by atoms with E-state index in [1.54, 1.807) is 18.2 Å². The number of fused-ring (bicyclic) bond motifs is 1. The molecule has 1 aromatic heterocycles. The number of hydrogen-bond acceptors (Lipinski definition) is 6. The first-order valence-corrected chi connectivity index (χ1v) is 30.4. The van der Waals surface area contributed by atoms with Crippen molar-refractivity contribution < 1.29 is 0 Å². The van der Waals surface area contributed by atoms with Crippen molar-refractivity contribution in [2.24, 2.45) is 0 Å². The third-order valence-corrected chi connectivity index (χ3v) is 14.2. The molecule has 89 heavy (non-hydrogen) atoms. The van der Waals surface area contributed by atoms with Gasteiger partial charge >= 0.3 is 0 Å². The van der Waals surface area contributed by atoms with E-state index in [0.717, 1.165) is 118 Å². The lowest BCUT2D eigenvalue weighted by molar-refractivity contribution is 1.14. The number of anilines is 10. The maximum Gasteiger partial charge on any atom is 0.0973 e. The number of benzene rings is 11. The van der Waals surface area contributed by atoms with Gasteiger partial charge in [0.1, 0.15) is 0 Å². The van der Waals surface area contributed by atoms with Crippen molar-refractivity contribution in [2.45, 2.75) is 48.5 Å². The average Bonchev–Trinajstić information content (AvgIpc) is 1.14. The minimum Gasteiger partial charge on any atom is -0.356 e. The third-order valence-electron chi connectivity index (χ3n) is 14.2. The summed E-state index contributed by atoms with van der Waals surface area (Å²) in [5.74, 6) is 0. The molecule has 0 amide bonds. The molecule has 0 aliphatic heterocycles. The van der Waals surface area contributed by atoms with Gasteiger partial charge in [-0.25, -0.2) is 9.97 Å². The largest absolute Gasteiger partial charge is 0.356 e. The maximum atomic E-state index is 5.68. The highest BCUT2D eigenvalue weighted by atomic mass is 15.2. The first-order valence-electron chi connectivity index (χ1n) is 30.4. The van der Waals surface area contributed by atoms with Crippen LogP contribution in [-0.2, 0) is 0 Å². The molecule has 0 aliphatic carbocycles. The number of hydrogen-bond donors (Lipinski definition) is 1. The van der Waals surface area contributed by atoms with Gasteiger partial charge in [-0.3, -0.25) is 0 Å². The van der Waals surface area contributed by atoms with Crippen LogP contribution in [0.5, 0.6) is 0 Å². The molecule has 12 aromatic rings. The number of rotatable bonds is 15. The first-order chi connectivity index (χ1) is 43.8. The highest BCUT2D eigenvalue weighted by Crippen LogP contribution is 2.43. The van der Waals surface area contributed by atoms with Gasteiger partial charge in [0, 0.05) is 79.3 Å². The molecule has 0 saturated heterocycles. The van der Waals surface area contributed by atoms with E-state index in [1.165, 1.54) is 0 Å². The Labute approximate surface area is 529 Å². The molecule has 0 unspecified atom stereocenters. The van der Waals surface area contributed by atoms with Gasteiger partial charge in [0.2, 0.25) is 0 Å². The van der Waals surface area contributed by atoms with Gasteiger partial charge in [0.15, 0.2) is 0 Å². The summed E-state index contributed by atoms with van der Waals surface area (Å²) in [5, 5.41) is 3.53. The fourth-order valence-electron chi connectivity index (χ4n) is 10.3. The Balaban J connectivity index is 0.000000872. The molecular formula is C83H80N6. The normalized spacial score (nSPS) is 10.4. The summed E-state index contributed by atoms with van der Waals surface area (Å²) in [6.07, 6.45) is 7.40. The summed E-state index contributed by atoms with van der Waals surface area (Å²) in [5.41, 5.74) is 21.2. The van der Waals surface area contributed by atoms with Gasteiger partial charge in [0.05, 0.1) is 22.4 Å². The van der Waals surface area contributed by atoms with E-state index in [4.69, 9.17) is 9.97 Å². The van der Waals surface area contributed by atoms with E-state index in [2.05, 4.69) is 333 Å². The highest BCUT2D eigenvalue weighted by Gasteiger charge is 2.21. The number of allylic oxidation sites excluding steroid dienone is 5.